The van der Waals surface area contributed by atoms with Crippen molar-refractivity contribution in [3.05, 3.63) is 22.5 Å². The molecule has 0 radical (unpaired) electrons. The molecule has 1 aliphatic heterocycles. The van der Waals surface area contributed by atoms with Gasteiger partial charge in [-0.15, -0.1) is 0 Å². The van der Waals surface area contributed by atoms with E-state index in [4.69, 9.17) is 23.2 Å². The molecule has 3 rings (SSSR count). The molecule has 5 nitrogen and oxygen atoms in total. The van der Waals surface area contributed by atoms with E-state index in [0.717, 1.165) is 19.4 Å². The normalized spacial score (nSPS) is 19.2. The van der Waals surface area contributed by atoms with Gasteiger partial charge in [0.25, 0.3) is 0 Å². The van der Waals surface area contributed by atoms with E-state index in [2.05, 4.69) is 15.0 Å². The van der Waals surface area contributed by atoms with Gasteiger partial charge >= 0.3 is 0 Å². The van der Waals surface area contributed by atoms with E-state index in [9.17, 15) is 9.50 Å². The standard InChI is InChI=1S/C13H13Cl2FN4O/c14-11-9(16)10-8(4-17-11)12(19-13(15)18-10)20-3-1-2-7(5-20)6-21/h4,7,21H,1-3,5-6H2/t7-/m1/s1. The van der Waals surface area contributed by atoms with Crippen LogP contribution >= 0.6 is 23.2 Å². The Bertz CT molecular complexity index is 685. The minimum atomic E-state index is -0.699. The minimum Gasteiger partial charge on any atom is -0.396 e. The molecular weight excluding hydrogens is 318 g/mol. The van der Waals surface area contributed by atoms with Crippen LogP contribution in [0.2, 0.25) is 10.4 Å². The van der Waals surface area contributed by atoms with Crippen molar-refractivity contribution in [1.29, 1.82) is 0 Å². The van der Waals surface area contributed by atoms with E-state index in [0.29, 0.717) is 17.7 Å². The largest absolute Gasteiger partial charge is 0.396 e. The Morgan fingerprint density at radius 1 is 1.38 bits per heavy atom. The Morgan fingerprint density at radius 3 is 2.95 bits per heavy atom. The molecule has 1 saturated heterocycles. The van der Waals surface area contributed by atoms with Gasteiger partial charge in [-0.2, -0.15) is 4.98 Å². The van der Waals surface area contributed by atoms with Crippen molar-refractivity contribution in [2.75, 3.05) is 24.6 Å². The highest BCUT2D eigenvalue weighted by Crippen LogP contribution is 2.31. The molecular formula is C13H13Cl2FN4O. The second-order valence-corrected chi connectivity index (χ2v) is 5.77. The summed E-state index contributed by atoms with van der Waals surface area (Å²) >= 11 is 11.6. The number of aliphatic hydroxyl groups is 1. The zero-order valence-corrected chi connectivity index (χ0v) is 12.6. The average molecular weight is 331 g/mol. The van der Waals surface area contributed by atoms with Crippen LogP contribution in [0, 0.1) is 11.7 Å². The third kappa shape index (κ3) is 2.75. The van der Waals surface area contributed by atoms with Crippen molar-refractivity contribution in [3.8, 4) is 0 Å². The molecule has 1 fully saturated rings. The van der Waals surface area contributed by atoms with Gasteiger partial charge < -0.3 is 10.0 Å². The molecule has 1 N–H and O–H groups in total. The molecule has 0 aliphatic carbocycles. The lowest BCUT2D eigenvalue weighted by molar-refractivity contribution is 0.208. The summed E-state index contributed by atoms with van der Waals surface area (Å²) in [5.74, 6) is 0.00861. The molecule has 0 unspecified atom stereocenters. The van der Waals surface area contributed by atoms with Crippen molar-refractivity contribution in [1.82, 2.24) is 15.0 Å². The molecule has 0 bridgehead atoms. The first-order chi connectivity index (χ1) is 10.1. The maximum absolute atomic E-state index is 14.1. The summed E-state index contributed by atoms with van der Waals surface area (Å²) in [5, 5.41) is 9.52. The Morgan fingerprint density at radius 2 is 2.19 bits per heavy atom. The lowest BCUT2D eigenvalue weighted by Gasteiger charge is -2.33. The SMILES string of the molecule is OC[C@@H]1CCCN(c2nc(Cl)nc3c(F)c(Cl)ncc23)C1. The topological polar surface area (TPSA) is 62.1 Å². The highest BCUT2D eigenvalue weighted by molar-refractivity contribution is 6.30. The Kier molecular flexibility index (Phi) is 4.10. The maximum atomic E-state index is 14.1. The van der Waals surface area contributed by atoms with Crippen LogP contribution in [0.1, 0.15) is 12.8 Å². The van der Waals surface area contributed by atoms with Crippen LogP contribution in [0.5, 0.6) is 0 Å². The van der Waals surface area contributed by atoms with E-state index >= 15 is 0 Å². The molecule has 0 amide bonds. The van der Waals surface area contributed by atoms with Crippen LogP contribution < -0.4 is 4.90 Å². The molecule has 21 heavy (non-hydrogen) atoms. The Labute approximate surface area is 130 Å². The monoisotopic (exact) mass is 330 g/mol. The summed E-state index contributed by atoms with van der Waals surface area (Å²) in [5.41, 5.74) is 0.0659. The highest BCUT2D eigenvalue weighted by Gasteiger charge is 2.24. The quantitative estimate of drug-likeness (QED) is 0.677. The van der Waals surface area contributed by atoms with E-state index in [1.54, 1.807) is 0 Å². The molecule has 0 spiro atoms. The van der Waals surface area contributed by atoms with Crippen LogP contribution in [0.25, 0.3) is 10.9 Å². The zero-order valence-electron chi connectivity index (χ0n) is 11.1. The number of aromatic nitrogens is 3. The average Bonchev–Trinajstić information content (AvgIpc) is 2.51. The van der Waals surface area contributed by atoms with Gasteiger partial charge in [-0.25, -0.2) is 14.4 Å². The molecule has 2 aromatic rings. The van der Waals surface area contributed by atoms with E-state index < -0.39 is 5.82 Å². The number of hydrogen-bond acceptors (Lipinski definition) is 5. The minimum absolute atomic E-state index is 0.0372. The number of nitrogens with zero attached hydrogens (tertiary/aromatic N) is 4. The third-order valence-electron chi connectivity index (χ3n) is 3.67. The first kappa shape index (κ1) is 14.7. The fourth-order valence-corrected chi connectivity index (χ4v) is 2.94. The van der Waals surface area contributed by atoms with Gasteiger partial charge in [-0.1, -0.05) is 11.6 Å². The Hall–Kier alpha value is -1.24. The summed E-state index contributed by atoms with van der Waals surface area (Å²) in [7, 11) is 0. The number of aliphatic hydroxyl groups excluding tert-OH is 1. The van der Waals surface area contributed by atoms with Crippen LogP contribution in [0.4, 0.5) is 10.2 Å². The molecule has 112 valence electrons. The van der Waals surface area contributed by atoms with E-state index in [1.165, 1.54) is 6.20 Å². The zero-order chi connectivity index (χ0) is 15.0. The predicted octanol–water partition coefficient (Wildman–Crippen LogP) is 2.68. The van der Waals surface area contributed by atoms with Gasteiger partial charge in [0, 0.05) is 25.9 Å². The smallest absolute Gasteiger partial charge is 0.225 e. The van der Waals surface area contributed by atoms with E-state index in [-0.39, 0.29) is 28.5 Å². The molecule has 0 aromatic carbocycles. The van der Waals surface area contributed by atoms with Gasteiger partial charge in [0.15, 0.2) is 11.0 Å². The molecule has 3 heterocycles. The van der Waals surface area contributed by atoms with Gasteiger partial charge in [-0.05, 0) is 30.4 Å². The summed E-state index contributed by atoms with van der Waals surface area (Å²) in [4.78, 5) is 13.9. The van der Waals surface area contributed by atoms with Gasteiger partial charge in [0.05, 0.1) is 5.39 Å². The number of piperidine rings is 1. The molecule has 2 aromatic heterocycles. The third-order valence-corrected chi connectivity index (χ3v) is 4.10. The van der Waals surface area contributed by atoms with Crippen LogP contribution in [-0.2, 0) is 0 Å². The van der Waals surface area contributed by atoms with Crippen LogP contribution in [-0.4, -0.2) is 39.8 Å². The lowest BCUT2D eigenvalue weighted by Crippen LogP contribution is -2.37. The number of halogens is 3. The first-order valence-corrected chi connectivity index (χ1v) is 7.38. The summed E-state index contributed by atoms with van der Waals surface area (Å²) in [6, 6.07) is 0. The van der Waals surface area contributed by atoms with Gasteiger partial charge in [-0.3, -0.25) is 0 Å². The molecule has 0 saturated carbocycles. The molecule has 1 atom stereocenters. The maximum Gasteiger partial charge on any atom is 0.225 e. The van der Waals surface area contributed by atoms with Crippen molar-refractivity contribution in [2.45, 2.75) is 12.8 Å². The molecule has 8 heteroatoms. The van der Waals surface area contributed by atoms with E-state index in [1.807, 2.05) is 4.90 Å². The summed E-state index contributed by atoms with van der Waals surface area (Å²) in [6.45, 7) is 1.53. The number of hydrogen-bond donors (Lipinski definition) is 1. The highest BCUT2D eigenvalue weighted by atomic mass is 35.5. The summed E-state index contributed by atoms with van der Waals surface area (Å²) < 4.78 is 14.1. The first-order valence-electron chi connectivity index (χ1n) is 6.63. The number of anilines is 1. The Balaban J connectivity index is 2.11. The summed E-state index contributed by atoms with van der Waals surface area (Å²) in [6.07, 6.45) is 3.34. The fraction of sp³-hybridized carbons (Fsp3) is 0.462. The second-order valence-electron chi connectivity index (χ2n) is 5.08. The number of rotatable bonds is 2. The van der Waals surface area contributed by atoms with Crippen molar-refractivity contribution in [2.24, 2.45) is 5.92 Å². The number of pyridine rings is 1. The lowest BCUT2D eigenvalue weighted by atomic mass is 9.99. The van der Waals surface area contributed by atoms with Crippen molar-refractivity contribution in [3.63, 3.8) is 0 Å². The van der Waals surface area contributed by atoms with Crippen LogP contribution in [0.15, 0.2) is 6.20 Å². The van der Waals surface area contributed by atoms with Gasteiger partial charge in [0.1, 0.15) is 11.3 Å². The number of fused-ring (bicyclic) bond motifs is 1. The second kappa shape index (κ2) is 5.87. The van der Waals surface area contributed by atoms with Crippen molar-refractivity contribution < 1.29 is 9.50 Å². The van der Waals surface area contributed by atoms with Gasteiger partial charge in [0.2, 0.25) is 5.28 Å². The fourth-order valence-electron chi connectivity index (χ4n) is 2.64. The van der Waals surface area contributed by atoms with Crippen LogP contribution in [0.3, 0.4) is 0 Å². The predicted molar refractivity (Wildman–Crippen MR) is 79.3 cm³/mol. The molecule has 1 aliphatic rings. The van der Waals surface area contributed by atoms with Crippen molar-refractivity contribution >= 4 is 39.9 Å².